The molecule has 26 heavy (non-hydrogen) atoms. The van der Waals surface area contributed by atoms with E-state index in [1.807, 2.05) is 13.0 Å². The van der Waals surface area contributed by atoms with Crippen LogP contribution >= 0.6 is 0 Å². The Morgan fingerprint density at radius 1 is 1.08 bits per heavy atom. The summed E-state index contributed by atoms with van der Waals surface area (Å²) in [4.78, 5) is 20.6. The van der Waals surface area contributed by atoms with Crippen LogP contribution in [0.15, 0.2) is 54.9 Å². The minimum atomic E-state index is -0.418. The van der Waals surface area contributed by atoms with Gasteiger partial charge in [-0.15, -0.1) is 0 Å². The van der Waals surface area contributed by atoms with Crippen LogP contribution in [0.2, 0.25) is 0 Å². The van der Waals surface area contributed by atoms with Crippen molar-refractivity contribution in [3.63, 3.8) is 0 Å². The molecule has 1 amide bonds. The maximum atomic E-state index is 13.6. The highest BCUT2D eigenvalue weighted by Crippen LogP contribution is 2.25. The number of ether oxygens (including phenoxy) is 1. The highest BCUT2D eigenvalue weighted by molar-refractivity contribution is 6.03. The van der Waals surface area contributed by atoms with Crippen LogP contribution < -0.4 is 15.4 Å². The summed E-state index contributed by atoms with van der Waals surface area (Å²) in [6.45, 7) is 1.91. The van der Waals surface area contributed by atoms with Gasteiger partial charge in [-0.05, 0) is 36.8 Å². The molecular formula is C19H17FN4O2. The summed E-state index contributed by atoms with van der Waals surface area (Å²) in [5, 5.41) is 5.56. The van der Waals surface area contributed by atoms with Crippen LogP contribution in [0.4, 0.5) is 21.6 Å². The molecule has 3 aromatic rings. The normalized spacial score (nSPS) is 10.3. The molecule has 1 aromatic heterocycles. The number of hydrogen-bond acceptors (Lipinski definition) is 5. The maximum absolute atomic E-state index is 13.6. The monoisotopic (exact) mass is 352 g/mol. The average molecular weight is 352 g/mol. The van der Waals surface area contributed by atoms with Crippen LogP contribution in [-0.2, 0) is 0 Å². The first kappa shape index (κ1) is 17.3. The van der Waals surface area contributed by atoms with Gasteiger partial charge in [0.05, 0.1) is 30.9 Å². The number of carbonyl (C=O) groups excluding carboxylic acids is 1. The molecule has 0 atom stereocenters. The standard InChI is InChI=1S/C19H17FN4O2/c1-12-7-8-17(26-2)15(9-12)24-19(25)16-10-22-18(11-21-16)23-14-6-4-3-5-13(14)20/h3-11H,1-2H3,(H,22,23)(H,24,25). The fourth-order valence-electron chi connectivity index (χ4n) is 2.32. The third-order valence-electron chi connectivity index (χ3n) is 3.62. The van der Waals surface area contributed by atoms with Gasteiger partial charge in [0, 0.05) is 0 Å². The van der Waals surface area contributed by atoms with Gasteiger partial charge in [-0.2, -0.15) is 0 Å². The molecule has 0 aliphatic heterocycles. The minimum absolute atomic E-state index is 0.132. The van der Waals surface area contributed by atoms with Gasteiger partial charge in [-0.1, -0.05) is 18.2 Å². The smallest absolute Gasteiger partial charge is 0.275 e. The number of hydrogen-bond donors (Lipinski definition) is 2. The third-order valence-corrected chi connectivity index (χ3v) is 3.62. The number of amides is 1. The van der Waals surface area contributed by atoms with Crippen LogP contribution in [0.5, 0.6) is 5.75 Å². The van der Waals surface area contributed by atoms with Crippen molar-refractivity contribution in [1.82, 2.24) is 9.97 Å². The lowest BCUT2D eigenvalue weighted by Gasteiger charge is -2.11. The number of nitrogens with zero attached hydrogens (tertiary/aromatic N) is 2. The Hall–Kier alpha value is -3.48. The number of aryl methyl sites for hydroxylation is 1. The largest absolute Gasteiger partial charge is 0.495 e. The number of carbonyl (C=O) groups is 1. The molecular weight excluding hydrogens is 335 g/mol. The highest BCUT2D eigenvalue weighted by atomic mass is 19.1. The summed E-state index contributed by atoms with van der Waals surface area (Å²) in [5.41, 5.74) is 1.95. The van der Waals surface area contributed by atoms with Crippen molar-refractivity contribution in [2.45, 2.75) is 6.92 Å². The summed E-state index contributed by atoms with van der Waals surface area (Å²) in [7, 11) is 1.53. The lowest BCUT2D eigenvalue weighted by molar-refractivity contribution is 0.102. The zero-order chi connectivity index (χ0) is 18.5. The average Bonchev–Trinajstić information content (AvgIpc) is 2.64. The van der Waals surface area contributed by atoms with E-state index in [2.05, 4.69) is 20.6 Å². The van der Waals surface area contributed by atoms with E-state index in [0.29, 0.717) is 17.3 Å². The molecule has 1 heterocycles. The van der Waals surface area contributed by atoms with Crippen molar-refractivity contribution in [1.29, 1.82) is 0 Å². The Balaban J connectivity index is 1.73. The minimum Gasteiger partial charge on any atom is -0.495 e. The van der Waals surface area contributed by atoms with Crippen LogP contribution in [0.25, 0.3) is 0 Å². The molecule has 0 unspecified atom stereocenters. The molecule has 0 spiro atoms. The second kappa shape index (κ2) is 7.60. The Bertz CT molecular complexity index is 929. The van der Waals surface area contributed by atoms with E-state index in [1.54, 1.807) is 30.3 Å². The number of anilines is 3. The van der Waals surface area contributed by atoms with Crippen LogP contribution in [0.3, 0.4) is 0 Å². The fraction of sp³-hybridized carbons (Fsp3) is 0.105. The lowest BCUT2D eigenvalue weighted by atomic mass is 10.2. The SMILES string of the molecule is COc1ccc(C)cc1NC(=O)c1cnc(Nc2ccccc2F)cn1. The van der Waals surface area contributed by atoms with E-state index in [0.717, 1.165) is 5.56 Å². The Morgan fingerprint density at radius 3 is 2.58 bits per heavy atom. The Labute approximate surface area is 150 Å². The number of rotatable bonds is 5. The summed E-state index contributed by atoms with van der Waals surface area (Å²) in [6, 6.07) is 11.7. The number of benzene rings is 2. The van der Waals surface area contributed by atoms with Gasteiger partial charge in [0.2, 0.25) is 0 Å². The zero-order valence-corrected chi connectivity index (χ0v) is 14.3. The summed E-state index contributed by atoms with van der Waals surface area (Å²) in [6.07, 6.45) is 2.69. The van der Waals surface area contributed by atoms with E-state index < -0.39 is 11.7 Å². The molecule has 7 heteroatoms. The van der Waals surface area contributed by atoms with Gasteiger partial charge >= 0.3 is 0 Å². The van der Waals surface area contributed by atoms with E-state index in [9.17, 15) is 9.18 Å². The van der Waals surface area contributed by atoms with Crippen LogP contribution in [-0.4, -0.2) is 23.0 Å². The molecule has 2 N–H and O–H groups in total. The molecule has 0 fully saturated rings. The molecule has 6 nitrogen and oxygen atoms in total. The second-order valence-corrected chi connectivity index (χ2v) is 5.55. The zero-order valence-electron chi connectivity index (χ0n) is 14.3. The number of nitrogens with one attached hydrogen (secondary N) is 2. The molecule has 0 bridgehead atoms. The van der Waals surface area contributed by atoms with Crippen molar-refractivity contribution < 1.29 is 13.9 Å². The van der Waals surface area contributed by atoms with Gasteiger partial charge < -0.3 is 15.4 Å². The Kier molecular flexibility index (Phi) is 5.07. The number of halogens is 1. The number of aromatic nitrogens is 2. The van der Waals surface area contributed by atoms with Gasteiger partial charge in [0.25, 0.3) is 5.91 Å². The third kappa shape index (κ3) is 3.94. The molecule has 0 saturated carbocycles. The second-order valence-electron chi connectivity index (χ2n) is 5.55. The van der Waals surface area contributed by atoms with Gasteiger partial charge in [0.15, 0.2) is 0 Å². The summed E-state index contributed by atoms with van der Waals surface area (Å²) < 4.78 is 18.9. The lowest BCUT2D eigenvalue weighted by Crippen LogP contribution is -2.15. The fourth-order valence-corrected chi connectivity index (χ4v) is 2.32. The first-order valence-corrected chi connectivity index (χ1v) is 7.86. The van der Waals surface area contributed by atoms with Crippen molar-refractivity contribution in [3.05, 3.63) is 71.9 Å². The first-order valence-electron chi connectivity index (χ1n) is 7.86. The molecule has 0 aliphatic rings. The van der Waals surface area contributed by atoms with Crippen molar-refractivity contribution in [2.24, 2.45) is 0 Å². The van der Waals surface area contributed by atoms with Crippen LogP contribution in [0.1, 0.15) is 16.1 Å². The van der Waals surface area contributed by atoms with E-state index in [4.69, 9.17) is 4.74 Å². The van der Waals surface area contributed by atoms with E-state index >= 15 is 0 Å². The van der Waals surface area contributed by atoms with Crippen LogP contribution in [0, 0.1) is 12.7 Å². The first-order chi connectivity index (χ1) is 12.6. The summed E-state index contributed by atoms with van der Waals surface area (Å²) in [5.74, 6) is 0.0658. The molecule has 2 aromatic carbocycles. The maximum Gasteiger partial charge on any atom is 0.275 e. The Morgan fingerprint density at radius 2 is 1.88 bits per heavy atom. The molecule has 0 saturated heterocycles. The predicted octanol–water partition coefficient (Wildman–Crippen LogP) is 3.93. The molecule has 3 rings (SSSR count). The van der Waals surface area contributed by atoms with Crippen molar-refractivity contribution in [3.8, 4) is 5.75 Å². The van der Waals surface area contributed by atoms with E-state index in [1.165, 1.54) is 25.6 Å². The quantitative estimate of drug-likeness (QED) is 0.728. The van der Waals surface area contributed by atoms with Gasteiger partial charge in [0.1, 0.15) is 23.1 Å². The summed E-state index contributed by atoms with van der Waals surface area (Å²) >= 11 is 0. The highest BCUT2D eigenvalue weighted by Gasteiger charge is 2.12. The van der Waals surface area contributed by atoms with Gasteiger partial charge in [-0.25, -0.2) is 14.4 Å². The molecule has 0 aliphatic carbocycles. The number of para-hydroxylation sites is 1. The van der Waals surface area contributed by atoms with Crippen molar-refractivity contribution in [2.75, 3.05) is 17.7 Å². The molecule has 132 valence electrons. The topological polar surface area (TPSA) is 76.1 Å². The number of methoxy groups -OCH3 is 1. The van der Waals surface area contributed by atoms with Gasteiger partial charge in [-0.3, -0.25) is 4.79 Å². The molecule has 0 radical (unpaired) electrons. The predicted molar refractivity (Wildman–Crippen MR) is 97.4 cm³/mol. The van der Waals surface area contributed by atoms with E-state index in [-0.39, 0.29) is 11.4 Å². The van der Waals surface area contributed by atoms with Crippen molar-refractivity contribution >= 4 is 23.1 Å².